The van der Waals surface area contributed by atoms with Crippen molar-refractivity contribution in [1.29, 1.82) is 0 Å². The Kier molecular flexibility index (Phi) is 5.04. The third kappa shape index (κ3) is 2.63. The molecule has 0 saturated heterocycles. The highest BCUT2D eigenvalue weighted by Crippen LogP contribution is 2.31. The Morgan fingerprint density at radius 2 is 1.94 bits per heavy atom. The first-order chi connectivity index (χ1) is 7.85. The van der Waals surface area contributed by atoms with Gasteiger partial charge in [-0.05, 0) is 54.5 Å². The Bertz CT molecular complexity index is 383. The molecule has 2 rings (SSSR count). The lowest BCUT2D eigenvalue weighted by molar-refractivity contribution is 0.821. The van der Waals surface area contributed by atoms with Crippen LogP contribution >= 0.6 is 0 Å². The summed E-state index contributed by atoms with van der Waals surface area (Å²) < 4.78 is 0. The summed E-state index contributed by atoms with van der Waals surface area (Å²) >= 11 is 0. The van der Waals surface area contributed by atoms with Crippen molar-refractivity contribution in [1.82, 2.24) is 0 Å². The number of hydrogen-bond donors (Lipinski definition) is 0. The molecule has 16 heavy (non-hydrogen) atoms. The van der Waals surface area contributed by atoms with E-state index in [1.807, 2.05) is 19.9 Å². The van der Waals surface area contributed by atoms with E-state index in [1.54, 1.807) is 0 Å². The van der Waals surface area contributed by atoms with Crippen LogP contribution in [-0.2, 0) is 6.42 Å². The molecule has 1 aliphatic carbocycles. The summed E-state index contributed by atoms with van der Waals surface area (Å²) in [5.41, 5.74) is 5.66. The number of aryl methyl sites for hydroxylation is 1. The third-order valence-electron chi connectivity index (χ3n) is 2.96. The maximum atomic E-state index is 3.81. The molecule has 0 nitrogen and oxygen atoms in total. The van der Waals surface area contributed by atoms with Gasteiger partial charge in [-0.1, -0.05) is 44.7 Å². The average Bonchev–Trinajstić information content (AvgIpc) is 2.39. The van der Waals surface area contributed by atoms with Crippen molar-refractivity contribution in [2.75, 3.05) is 0 Å². The Morgan fingerprint density at radius 1 is 1.19 bits per heavy atom. The zero-order chi connectivity index (χ0) is 12.0. The largest absolute Gasteiger partial charge is 0.0985 e. The van der Waals surface area contributed by atoms with Crippen LogP contribution in [0.15, 0.2) is 30.9 Å². The van der Waals surface area contributed by atoms with Crippen LogP contribution in [0.2, 0.25) is 0 Å². The van der Waals surface area contributed by atoms with Gasteiger partial charge in [0.25, 0.3) is 0 Å². The molecule has 0 heteroatoms. The first-order valence-corrected chi connectivity index (χ1v) is 6.26. The first-order valence-electron chi connectivity index (χ1n) is 6.26. The van der Waals surface area contributed by atoms with Gasteiger partial charge < -0.3 is 0 Å². The molecule has 0 radical (unpaired) electrons. The van der Waals surface area contributed by atoms with E-state index < -0.39 is 0 Å². The van der Waals surface area contributed by atoms with Gasteiger partial charge in [-0.3, -0.25) is 0 Å². The Balaban J connectivity index is 0.000000606. The van der Waals surface area contributed by atoms with Gasteiger partial charge in [0.1, 0.15) is 0 Å². The second-order valence-electron chi connectivity index (χ2n) is 3.79. The molecule has 0 unspecified atom stereocenters. The minimum atomic E-state index is 1.23. The van der Waals surface area contributed by atoms with E-state index in [9.17, 15) is 0 Å². The van der Waals surface area contributed by atoms with Crippen LogP contribution in [0.25, 0.3) is 11.6 Å². The van der Waals surface area contributed by atoms with Crippen LogP contribution in [0.3, 0.4) is 0 Å². The number of hydrogen-bond acceptors (Lipinski definition) is 0. The lowest BCUT2D eigenvalue weighted by atomic mass is 9.86. The normalized spacial score (nSPS) is 16.1. The number of fused-ring (bicyclic) bond motifs is 1. The van der Waals surface area contributed by atoms with E-state index >= 15 is 0 Å². The molecule has 1 aromatic rings. The fourth-order valence-corrected chi connectivity index (χ4v) is 2.14. The molecule has 1 aromatic carbocycles. The molecule has 0 spiro atoms. The zero-order valence-corrected chi connectivity index (χ0v) is 10.7. The quantitative estimate of drug-likeness (QED) is 0.610. The fraction of sp³-hybridized carbons (Fsp3) is 0.375. The van der Waals surface area contributed by atoms with Gasteiger partial charge in [0.15, 0.2) is 0 Å². The van der Waals surface area contributed by atoms with Crippen LogP contribution in [0.5, 0.6) is 0 Å². The number of benzene rings is 1. The van der Waals surface area contributed by atoms with Gasteiger partial charge in [-0.15, -0.1) is 0 Å². The summed E-state index contributed by atoms with van der Waals surface area (Å²) in [5.74, 6) is 0. The predicted octanol–water partition coefficient (Wildman–Crippen LogP) is 5.10. The van der Waals surface area contributed by atoms with Crippen LogP contribution in [0.1, 0.15) is 50.3 Å². The van der Waals surface area contributed by atoms with Crippen LogP contribution in [-0.4, -0.2) is 0 Å². The topological polar surface area (TPSA) is 0 Å². The van der Waals surface area contributed by atoms with E-state index in [2.05, 4.69) is 37.8 Å². The summed E-state index contributed by atoms with van der Waals surface area (Å²) in [6, 6.07) is 6.66. The Labute approximate surface area is 99.7 Å². The van der Waals surface area contributed by atoms with E-state index in [4.69, 9.17) is 0 Å². The molecular formula is C16H22. The lowest BCUT2D eigenvalue weighted by Gasteiger charge is -2.19. The van der Waals surface area contributed by atoms with E-state index in [-0.39, 0.29) is 0 Å². The average molecular weight is 214 g/mol. The van der Waals surface area contributed by atoms with Gasteiger partial charge in [0.05, 0.1) is 0 Å². The summed E-state index contributed by atoms with van der Waals surface area (Å²) in [7, 11) is 0. The molecule has 0 aromatic heterocycles. The molecule has 86 valence electrons. The van der Waals surface area contributed by atoms with Crippen LogP contribution in [0.4, 0.5) is 0 Å². The fourth-order valence-electron chi connectivity index (χ4n) is 2.14. The summed E-state index contributed by atoms with van der Waals surface area (Å²) in [6.07, 6.45) is 7.90. The Hall–Kier alpha value is -1.30. The molecular weight excluding hydrogens is 192 g/mol. The molecule has 0 heterocycles. The van der Waals surface area contributed by atoms with Gasteiger partial charge >= 0.3 is 0 Å². The molecule has 0 saturated carbocycles. The standard InChI is InChI=1S/C14H16.C2H6/c1-3-11-8-9-13-7-5-6-12(4-2)14(13)10-11;1-2/h3-4,8-10H,1,5-7H2,2H3;1-2H3/b12-4+;. The predicted molar refractivity (Wildman–Crippen MR) is 74.5 cm³/mol. The SMILES string of the molecule is C=Cc1ccc2c(c1)/C(=C/C)CCC2.CC. The Morgan fingerprint density at radius 3 is 2.56 bits per heavy atom. The highest BCUT2D eigenvalue weighted by atomic mass is 14.2. The summed E-state index contributed by atoms with van der Waals surface area (Å²) in [6.45, 7) is 9.94. The zero-order valence-electron chi connectivity index (χ0n) is 10.7. The molecule has 0 fully saturated rings. The molecule has 0 bridgehead atoms. The van der Waals surface area contributed by atoms with E-state index in [0.29, 0.717) is 0 Å². The van der Waals surface area contributed by atoms with Crippen LogP contribution in [0, 0.1) is 0 Å². The summed E-state index contributed by atoms with van der Waals surface area (Å²) in [4.78, 5) is 0. The lowest BCUT2D eigenvalue weighted by Crippen LogP contribution is -2.01. The second kappa shape index (κ2) is 6.32. The molecule has 1 aliphatic rings. The molecule has 0 N–H and O–H groups in total. The minimum Gasteiger partial charge on any atom is -0.0985 e. The van der Waals surface area contributed by atoms with Crippen LogP contribution < -0.4 is 0 Å². The van der Waals surface area contributed by atoms with Crippen molar-refractivity contribution in [2.45, 2.75) is 40.0 Å². The molecule has 0 aliphatic heterocycles. The van der Waals surface area contributed by atoms with Gasteiger partial charge in [0.2, 0.25) is 0 Å². The van der Waals surface area contributed by atoms with Gasteiger partial charge in [-0.2, -0.15) is 0 Å². The van der Waals surface area contributed by atoms with E-state index in [0.717, 1.165) is 0 Å². The van der Waals surface area contributed by atoms with Gasteiger partial charge in [0, 0.05) is 0 Å². The second-order valence-corrected chi connectivity index (χ2v) is 3.79. The minimum absolute atomic E-state index is 1.23. The third-order valence-corrected chi connectivity index (χ3v) is 2.96. The van der Waals surface area contributed by atoms with Crippen molar-refractivity contribution in [2.24, 2.45) is 0 Å². The number of allylic oxidation sites excluding steroid dienone is 2. The van der Waals surface area contributed by atoms with Crippen molar-refractivity contribution in [3.63, 3.8) is 0 Å². The highest BCUT2D eigenvalue weighted by molar-refractivity contribution is 5.72. The monoisotopic (exact) mass is 214 g/mol. The van der Waals surface area contributed by atoms with Gasteiger partial charge in [-0.25, -0.2) is 0 Å². The summed E-state index contributed by atoms with van der Waals surface area (Å²) in [5, 5.41) is 0. The van der Waals surface area contributed by atoms with E-state index in [1.165, 1.54) is 41.5 Å². The molecule has 0 amide bonds. The maximum absolute atomic E-state index is 3.81. The molecule has 0 atom stereocenters. The number of rotatable bonds is 1. The van der Waals surface area contributed by atoms with Crippen molar-refractivity contribution >= 4 is 11.6 Å². The smallest absolute Gasteiger partial charge is 0.0190 e. The highest BCUT2D eigenvalue weighted by Gasteiger charge is 2.12. The van der Waals surface area contributed by atoms with Crippen molar-refractivity contribution in [3.8, 4) is 0 Å². The first kappa shape index (κ1) is 12.8. The van der Waals surface area contributed by atoms with Crippen molar-refractivity contribution < 1.29 is 0 Å². The van der Waals surface area contributed by atoms with Crippen molar-refractivity contribution in [3.05, 3.63) is 47.5 Å². The maximum Gasteiger partial charge on any atom is -0.0190 e.